The van der Waals surface area contributed by atoms with E-state index in [4.69, 9.17) is 0 Å². The normalized spacial score (nSPS) is 18.1. The van der Waals surface area contributed by atoms with Gasteiger partial charge in [0.25, 0.3) is 0 Å². The van der Waals surface area contributed by atoms with E-state index in [2.05, 4.69) is 38.9 Å². The zero-order valence-corrected chi connectivity index (χ0v) is 14.7. The molecular formula is C15H28N6S. The molecule has 0 aliphatic carbocycles. The lowest BCUT2D eigenvalue weighted by atomic mass is 10.1. The Morgan fingerprint density at radius 2 is 2.32 bits per heavy atom. The minimum absolute atomic E-state index is 0.207. The van der Waals surface area contributed by atoms with Crippen LogP contribution in [0.5, 0.6) is 0 Å². The first kappa shape index (κ1) is 17.1. The maximum Gasteiger partial charge on any atom is 0.191 e. The molecule has 0 spiro atoms. The minimum Gasteiger partial charge on any atom is -0.357 e. The number of hydrogen-bond acceptors (Lipinski definition) is 4. The molecule has 22 heavy (non-hydrogen) atoms. The second-order valence-corrected chi connectivity index (χ2v) is 6.53. The highest BCUT2D eigenvalue weighted by Crippen LogP contribution is 2.22. The first-order chi connectivity index (χ1) is 10.7. The number of fused-ring (bicyclic) bond motifs is 1. The van der Waals surface area contributed by atoms with Crippen LogP contribution in [0.15, 0.2) is 4.99 Å². The molecule has 124 valence electrons. The molecular weight excluding hydrogens is 296 g/mol. The fourth-order valence-electron chi connectivity index (χ4n) is 2.64. The standard InChI is InChI=1S/C15H28N6S/c1-4-16-15(17-9-5-6-11-22-3)19-13-8-7-10-21-14(13)18-12(2)20-21/h13H,4-11H2,1-3H3,(H2,16,17,19). The third-order valence-corrected chi connectivity index (χ3v) is 4.36. The quantitative estimate of drug-likeness (QED) is 0.457. The average Bonchev–Trinajstić information content (AvgIpc) is 2.88. The molecule has 1 aliphatic rings. The summed E-state index contributed by atoms with van der Waals surface area (Å²) in [6, 6.07) is 0.207. The van der Waals surface area contributed by atoms with Gasteiger partial charge in [-0.25, -0.2) is 9.67 Å². The van der Waals surface area contributed by atoms with Crippen molar-refractivity contribution in [1.82, 2.24) is 25.4 Å². The SMILES string of the molecule is CCNC(=NCCCCSC)NC1CCCn2nc(C)nc21. The molecule has 0 radical (unpaired) electrons. The smallest absolute Gasteiger partial charge is 0.191 e. The predicted octanol–water partition coefficient (Wildman–Crippen LogP) is 2.12. The first-order valence-electron chi connectivity index (χ1n) is 8.19. The van der Waals surface area contributed by atoms with E-state index in [9.17, 15) is 0 Å². The van der Waals surface area contributed by atoms with Gasteiger partial charge in [0.15, 0.2) is 5.96 Å². The fraction of sp³-hybridized carbons (Fsp3) is 0.800. The second kappa shape index (κ2) is 9.02. The van der Waals surface area contributed by atoms with Crippen molar-refractivity contribution >= 4 is 17.7 Å². The minimum atomic E-state index is 0.207. The van der Waals surface area contributed by atoms with Gasteiger partial charge in [-0.15, -0.1) is 0 Å². The first-order valence-corrected chi connectivity index (χ1v) is 9.59. The van der Waals surface area contributed by atoms with Gasteiger partial charge in [-0.05, 0) is 51.5 Å². The molecule has 0 fully saturated rings. The fourth-order valence-corrected chi connectivity index (χ4v) is 3.13. The largest absolute Gasteiger partial charge is 0.357 e. The Labute approximate surface area is 137 Å². The maximum atomic E-state index is 4.69. The second-order valence-electron chi connectivity index (χ2n) is 5.54. The number of rotatable bonds is 7. The van der Waals surface area contributed by atoms with Gasteiger partial charge in [-0.3, -0.25) is 4.99 Å². The molecule has 1 atom stereocenters. The molecule has 1 unspecified atom stereocenters. The Balaban J connectivity index is 1.94. The van der Waals surface area contributed by atoms with Crippen LogP contribution in [-0.4, -0.2) is 45.8 Å². The van der Waals surface area contributed by atoms with Gasteiger partial charge in [0, 0.05) is 19.6 Å². The number of hydrogen-bond donors (Lipinski definition) is 2. The van der Waals surface area contributed by atoms with Crippen molar-refractivity contribution in [2.24, 2.45) is 4.99 Å². The molecule has 0 aromatic carbocycles. The Morgan fingerprint density at radius 1 is 1.45 bits per heavy atom. The summed E-state index contributed by atoms with van der Waals surface area (Å²) < 4.78 is 2.03. The number of guanidine groups is 1. The van der Waals surface area contributed by atoms with E-state index >= 15 is 0 Å². The van der Waals surface area contributed by atoms with Gasteiger partial charge in [0.05, 0.1) is 6.04 Å². The molecule has 7 heteroatoms. The topological polar surface area (TPSA) is 67.1 Å². The summed E-state index contributed by atoms with van der Waals surface area (Å²) in [7, 11) is 0. The lowest BCUT2D eigenvalue weighted by Gasteiger charge is -2.25. The average molecular weight is 324 g/mol. The third kappa shape index (κ3) is 4.90. The molecule has 2 N–H and O–H groups in total. The monoisotopic (exact) mass is 324 g/mol. The van der Waals surface area contributed by atoms with Crippen molar-refractivity contribution in [3.05, 3.63) is 11.6 Å². The zero-order chi connectivity index (χ0) is 15.8. The third-order valence-electron chi connectivity index (χ3n) is 3.66. The van der Waals surface area contributed by atoms with Crippen LogP contribution in [0, 0.1) is 6.92 Å². The number of aryl methyl sites for hydroxylation is 2. The van der Waals surface area contributed by atoms with Gasteiger partial charge >= 0.3 is 0 Å². The van der Waals surface area contributed by atoms with Gasteiger partial charge < -0.3 is 10.6 Å². The van der Waals surface area contributed by atoms with Gasteiger partial charge in [-0.1, -0.05) is 0 Å². The van der Waals surface area contributed by atoms with E-state index in [0.717, 1.165) is 56.5 Å². The molecule has 1 aliphatic heterocycles. The summed E-state index contributed by atoms with van der Waals surface area (Å²) in [6.07, 6.45) is 6.71. The maximum absolute atomic E-state index is 4.69. The number of nitrogens with one attached hydrogen (secondary N) is 2. The Bertz CT molecular complexity index is 484. The molecule has 2 heterocycles. The van der Waals surface area contributed by atoms with Gasteiger partial charge in [-0.2, -0.15) is 16.9 Å². The molecule has 6 nitrogen and oxygen atoms in total. The van der Waals surface area contributed by atoms with Crippen LogP contribution in [0.1, 0.15) is 50.3 Å². The highest BCUT2D eigenvalue weighted by Gasteiger charge is 2.24. The predicted molar refractivity (Wildman–Crippen MR) is 93.5 cm³/mol. The zero-order valence-electron chi connectivity index (χ0n) is 13.9. The Kier molecular flexibility index (Phi) is 7.02. The molecule has 1 aromatic rings. The Morgan fingerprint density at radius 3 is 3.09 bits per heavy atom. The molecule has 0 saturated heterocycles. The summed E-state index contributed by atoms with van der Waals surface area (Å²) in [5.41, 5.74) is 0. The number of aliphatic imine (C=N–C) groups is 1. The van der Waals surface area contributed by atoms with Crippen LogP contribution < -0.4 is 10.6 Å². The Hall–Kier alpha value is -1.24. The van der Waals surface area contributed by atoms with E-state index in [-0.39, 0.29) is 6.04 Å². The molecule has 0 amide bonds. The number of thioether (sulfide) groups is 1. The summed E-state index contributed by atoms with van der Waals surface area (Å²) in [5, 5.41) is 11.3. The van der Waals surface area contributed by atoms with Crippen molar-refractivity contribution < 1.29 is 0 Å². The molecule has 2 rings (SSSR count). The molecule has 0 bridgehead atoms. The van der Waals surface area contributed by atoms with Crippen LogP contribution in [-0.2, 0) is 6.54 Å². The number of unbranched alkanes of at least 4 members (excludes halogenated alkanes) is 1. The number of nitrogens with zero attached hydrogens (tertiary/aromatic N) is 4. The van der Waals surface area contributed by atoms with E-state index < -0.39 is 0 Å². The summed E-state index contributed by atoms with van der Waals surface area (Å²) in [4.78, 5) is 9.26. The van der Waals surface area contributed by atoms with Crippen LogP contribution in [0.2, 0.25) is 0 Å². The molecule has 0 saturated carbocycles. The van der Waals surface area contributed by atoms with Crippen molar-refractivity contribution in [2.45, 2.75) is 52.1 Å². The lowest BCUT2D eigenvalue weighted by Crippen LogP contribution is -2.41. The van der Waals surface area contributed by atoms with Crippen LogP contribution in [0.3, 0.4) is 0 Å². The summed E-state index contributed by atoms with van der Waals surface area (Å²) in [5.74, 6) is 4.00. The van der Waals surface area contributed by atoms with Crippen LogP contribution in [0.25, 0.3) is 0 Å². The van der Waals surface area contributed by atoms with Crippen molar-refractivity contribution in [3.63, 3.8) is 0 Å². The van der Waals surface area contributed by atoms with E-state index in [1.807, 2.05) is 23.4 Å². The van der Waals surface area contributed by atoms with Crippen molar-refractivity contribution in [2.75, 3.05) is 25.1 Å². The number of aromatic nitrogens is 3. The molecule has 1 aromatic heterocycles. The lowest BCUT2D eigenvalue weighted by molar-refractivity contribution is 0.397. The summed E-state index contributed by atoms with van der Waals surface area (Å²) in [6.45, 7) is 6.76. The van der Waals surface area contributed by atoms with E-state index in [0.29, 0.717) is 0 Å². The summed E-state index contributed by atoms with van der Waals surface area (Å²) >= 11 is 1.90. The van der Waals surface area contributed by atoms with E-state index in [1.165, 1.54) is 12.2 Å². The van der Waals surface area contributed by atoms with Crippen LogP contribution in [0.4, 0.5) is 0 Å². The van der Waals surface area contributed by atoms with Gasteiger partial charge in [0.1, 0.15) is 11.6 Å². The van der Waals surface area contributed by atoms with Crippen molar-refractivity contribution in [1.29, 1.82) is 0 Å². The van der Waals surface area contributed by atoms with Crippen LogP contribution >= 0.6 is 11.8 Å². The highest BCUT2D eigenvalue weighted by atomic mass is 32.2. The van der Waals surface area contributed by atoms with E-state index in [1.54, 1.807) is 0 Å². The van der Waals surface area contributed by atoms with Gasteiger partial charge in [0.2, 0.25) is 0 Å². The van der Waals surface area contributed by atoms with Crippen molar-refractivity contribution in [3.8, 4) is 0 Å². The highest BCUT2D eigenvalue weighted by molar-refractivity contribution is 7.98.